The van der Waals surface area contributed by atoms with Crippen LogP contribution >= 0.6 is 11.6 Å². The third-order valence-electron chi connectivity index (χ3n) is 1.55. The van der Waals surface area contributed by atoms with Crippen LogP contribution in [0.15, 0.2) is 34.9 Å². The topological polar surface area (TPSA) is 48.2 Å². The first kappa shape index (κ1) is 9.02. The Kier molecular flexibility index (Phi) is 2.65. The Labute approximate surface area is 85.5 Å². The number of hydrogen-bond acceptors (Lipinski definition) is 4. The first-order chi connectivity index (χ1) is 6.84. The molecule has 0 aliphatic carbocycles. The van der Waals surface area contributed by atoms with Crippen molar-refractivity contribution in [1.82, 2.24) is 10.1 Å². The molecule has 0 saturated heterocycles. The number of aromatic nitrogens is 2. The van der Waals surface area contributed by atoms with Crippen LogP contribution in [0.2, 0.25) is 5.35 Å². The van der Waals surface area contributed by atoms with Crippen molar-refractivity contribution in [3.63, 3.8) is 0 Å². The first-order valence-electron chi connectivity index (χ1n) is 4.00. The summed E-state index contributed by atoms with van der Waals surface area (Å²) in [6.45, 7) is 0.250. The lowest BCUT2D eigenvalue weighted by atomic mass is 10.3. The van der Waals surface area contributed by atoms with Gasteiger partial charge in [-0.2, -0.15) is 4.98 Å². The van der Waals surface area contributed by atoms with Gasteiger partial charge >= 0.3 is 5.35 Å². The van der Waals surface area contributed by atoms with Gasteiger partial charge in [-0.1, -0.05) is 23.4 Å². The van der Waals surface area contributed by atoms with Gasteiger partial charge in [0.05, 0.1) is 0 Å². The molecule has 0 aliphatic heterocycles. The van der Waals surface area contributed by atoms with Crippen molar-refractivity contribution in [3.8, 4) is 5.75 Å². The Morgan fingerprint density at radius 1 is 1.29 bits per heavy atom. The van der Waals surface area contributed by atoms with Crippen LogP contribution in [-0.4, -0.2) is 10.1 Å². The zero-order chi connectivity index (χ0) is 9.80. The van der Waals surface area contributed by atoms with E-state index in [2.05, 4.69) is 14.7 Å². The van der Waals surface area contributed by atoms with Crippen molar-refractivity contribution in [2.45, 2.75) is 6.61 Å². The molecule has 0 unspecified atom stereocenters. The fraction of sp³-hybridized carbons (Fsp3) is 0.111. The molecule has 4 nitrogen and oxygen atoms in total. The highest BCUT2D eigenvalue weighted by Gasteiger charge is 2.03. The van der Waals surface area contributed by atoms with Gasteiger partial charge in [-0.05, 0) is 23.7 Å². The SMILES string of the molecule is Clc1nc(COc2ccccc2)no1. The summed E-state index contributed by atoms with van der Waals surface area (Å²) in [5, 5.41) is 3.61. The van der Waals surface area contributed by atoms with Gasteiger partial charge in [0.15, 0.2) is 6.61 Å². The van der Waals surface area contributed by atoms with Crippen LogP contribution in [0, 0.1) is 0 Å². The van der Waals surface area contributed by atoms with E-state index in [1.165, 1.54) is 0 Å². The van der Waals surface area contributed by atoms with Crippen molar-refractivity contribution in [2.75, 3.05) is 0 Å². The minimum atomic E-state index is 0.0247. The maximum Gasteiger partial charge on any atom is 0.320 e. The van der Waals surface area contributed by atoms with Crippen LogP contribution in [-0.2, 0) is 6.61 Å². The van der Waals surface area contributed by atoms with Crippen molar-refractivity contribution in [2.24, 2.45) is 0 Å². The highest BCUT2D eigenvalue weighted by molar-refractivity contribution is 6.27. The van der Waals surface area contributed by atoms with Crippen molar-refractivity contribution in [1.29, 1.82) is 0 Å². The number of hydrogen-bond donors (Lipinski definition) is 0. The van der Waals surface area contributed by atoms with E-state index in [-0.39, 0.29) is 12.0 Å². The Morgan fingerprint density at radius 3 is 2.71 bits per heavy atom. The van der Waals surface area contributed by atoms with Crippen LogP contribution in [0.5, 0.6) is 5.75 Å². The molecule has 1 aromatic carbocycles. The summed E-state index contributed by atoms with van der Waals surface area (Å²) in [7, 11) is 0. The highest BCUT2D eigenvalue weighted by atomic mass is 35.5. The molecule has 1 heterocycles. The van der Waals surface area contributed by atoms with E-state index in [4.69, 9.17) is 16.3 Å². The van der Waals surface area contributed by atoms with E-state index < -0.39 is 0 Å². The second-order valence-corrected chi connectivity index (χ2v) is 2.89. The van der Waals surface area contributed by atoms with Gasteiger partial charge in [0.2, 0.25) is 5.82 Å². The zero-order valence-electron chi connectivity index (χ0n) is 7.18. The number of benzene rings is 1. The van der Waals surface area contributed by atoms with Gasteiger partial charge < -0.3 is 9.26 Å². The maximum absolute atomic E-state index is 5.45. The Hall–Kier alpha value is -1.55. The number of ether oxygens (including phenoxy) is 1. The van der Waals surface area contributed by atoms with Crippen LogP contribution < -0.4 is 4.74 Å². The van der Waals surface area contributed by atoms with Crippen molar-refractivity contribution in [3.05, 3.63) is 41.5 Å². The standard InChI is InChI=1S/C9H7ClN2O2/c10-9-11-8(12-14-9)6-13-7-4-2-1-3-5-7/h1-5H,6H2. The number of halogens is 1. The summed E-state index contributed by atoms with van der Waals surface area (Å²) in [6, 6.07) is 9.39. The molecule has 0 fully saturated rings. The van der Waals surface area contributed by atoms with E-state index in [0.29, 0.717) is 5.82 Å². The molecule has 2 aromatic rings. The summed E-state index contributed by atoms with van der Waals surface area (Å²) in [4.78, 5) is 3.79. The summed E-state index contributed by atoms with van der Waals surface area (Å²) in [5.74, 6) is 1.19. The molecular formula is C9H7ClN2O2. The molecule has 0 amide bonds. The normalized spacial score (nSPS) is 10.1. The van der Waals surface area contributed by atoms with Gasteiger partial charge in [0, 0.05) is 0 Å². The third kappa shape index (κ3) is 2.23. The molecule has 0 N–H and O–H groups in total. The van der Waals surface area contributed by atoms with Crippen LogP contribution in [0.25, 0.3) is 0 Å². The fourth-order valence-corrected chi connectivity index (χ4v) is 1.09. The molecule has 1 aromatic heterocycles. The molecule has 14 heavy (non-hydrogen) atoms. The molecule has 0 radical (unpaired) electrons. The average molecular weight is 211 g/mol. The number of para-hydroxylation sites is 1. The predicted molar refractivity (Wildman–Crippen MR) is 50.1 cm³/mol. The van der Waals surface area contributed by atoms with Gasteiger partial charge in [-0.15, -0.1) is 0 Å². The Balaban J connectivity index is 1.95. The second kappa shape index (κ2) is 4.11. The largest absolute Gasteiger partial charge is 0.485 e. The smallest absolute Gasteiger partial charge is 0.320 e. The summed E-state index contributed by atoms with van der Waals surface area (Å²) in [6.07, 6.45) is 0. The van der Waals surface area contributed by atoms with Crippen LogP contribution in [0.1, 0.15) is 5.82 Å². The zero-order valence-corrected chi connectivity index (χ0v) is 7.94. The lowest BCUT2D eigenvalue weighted by Gasteiger charge is -2.00. The molecule has 0 atom stereocenters. The Bertz CT molecular complexity index is 402. The van der Waals surface area contributed by atoms with E-state index in [0.717, 1.165) is 5.75 Å². The monoisotopic (exact) mass is 210 g/mol. The predicted octanol–water partition coefficient (Wildman–Crippen LogP) is 2.30. The molecule has 72 valence electrons. The fourth-order valence-electron chi connectivity index (χ4n) is 0.956. The van der Waals surface area contributed by atoms with Crippen molar-refractivity contribution >= 4 is 11.6 Å². The summed E-state index contributed by atoms with van der Waals surface area (Å²) < 4.78 is 9.94. The second-order valence-electron chi connectivity index (χ2n) is 2.57. The van der Waals surface area contributed by atoms with Gasteiger partial charge in [0.25, 0.3) is 0 Å². The molecule has 0 aliphatic rings. The molecular weight excluding hydrogens is 204 g/mol. The van der Waals surface area contributed by atoms with E-state index in [9.17, 15) is 0 Å². The highest BCUT2D eigenvalue weighted by Crippen LogP contribution is 2.11. The van der Waals surface area contributed by atoms with Crippen LogP contribution in [0.4, 0.5) is 0 Å². The van der Waals surface area contributed by atoms with E-state index in [1.54, 1.807) is 0 Å². The number of rotatable bonds is 3. The third-order valence-corrected chi connectivity index (χ3v) is 1.71. The molecule has 0 spiro atoms. The Morgan fingerprint density at radius 2 is 2.07 bits per heavy atom. The molecule has 0 saturated carbocycles. The van der Waals surface area contributed by atoms with Gasteiger partial charge in [0.1, 0.15) is 5.75 Å². The molecule has 5 heteroatoms. The minimum absolute atomic E-state index is 0.0247. The first-order valence-corrected chi connectivity index (χ1v) is 4.38. The maximum atomic E-state index is 5.45. The average Bonchev–Trinajstić information content (AvgIpc) is 2.63. The molecule has 0 bridgehead atoms. The quantitative estimate of drug-likeness (QED) is 0.780. The van der Waals surface area contributed by atoms with Gasteiger partial charge in [-0.25, -0.2) is 0 Å². The summed E-state index contributed by atoms with van der Waals surface area (Å²) in [5.41, 5.74) is 0. The summed E-state index contributed by atoms with van der Waals surface area (Å²) >= 11 is 5.45. The van der Waals surface area contributed by atoms with Crippen LogP contribution in [0.3, 0.4) is 0 Å². The lowest BCUT2D eigenvalue weighted by Crippen LogP contribution is -1.96. The molecule has 2 rings (SSSR count). The van der Waals surface area contributed by atoms with Crippen molar-refractivity contribution < 1.29 is 9.26 Å². The minimum Gasteiger partial charge on any atom is -0.485 e. The van der Waals surface area contributed by atoms with Gasteiger partial charge in [-0.3, -0.25) is 0 Å². The number of nitrogens with zero attached hydrogens (tertiary/aromatic N) is 2. The van der Waals surface area contributed by atoms with E-state index >= 15 is 0 Å². The van der Waals surface area contributed by atoms with E-state index in [1.807, 2.05) is 30.3 Å². The lowest BCUT2D eigenvalue weighted by molar-refractivity contribution is 0.286.